The zero-order valence-corrected chi connectivity index (χ0v) is 14.2. The quantitative estimate of drug-likeness (QED) is 0.871. The van der Waals surface area contributed by atoms with Crippen molar-refractivity contribution in [2.24, 2.45) is 0 Å². The van der Waals surface area contributed by atoms with E-state index in [2.05, 4.69) is 10.6 Å². The number of carbonyl (C=O) groups is 2. The van der Waals surface area contributed by atoms with E-state index >= 15 is 0 Å². The summed E-state index contributed by atoms with van der Waals surface area (Å²) in [6.45, 7) is 6.09. The number of hydrogen-bond acceptors (Lipinski definition) is 2. The highest BCUT2D eigenvalue weighted by Gasteiger charge is 2.35. The number of allylic oxidation sites excluding steroid dienone is 1. The lowest BCUT2D eigenvalue weighted by Gasteiger charge is -2.32. The monoisotopic (exact) mass is 355 g/mol. The van der Waals surface area contributed by atoms with E-state index in [4.69, 9.17) is 0 Å². The molecule has 136 valence electrons. The summed E-state index contributed by atoms with van der Waals surface area (Å²) in [6, 6.07) is 3.14. The average Bonchev–Trinajstić information content (AvgIpc) is 2.54. The molecule has 1 aliphatic rings. The van der Waals surface area contributed by atoms with E-state index in [-0.39, 0.29) is 17.0 Å². The maximum absolute atomic E-state index is 13.0. The molecule has 0 saturated carbocycles. The fourth-order valence-corrected chi connectivity index (χ4v) is 2.80. The molecule has 1 atom stereocenters. The van der Waals surface area contributed by atoms with Gasteiger partial charge in [-0.25, -0.2) is 4.79 Å². The van der Waals surface area contributed by atoms with Gasteiger partial charge in [0.2, 0.25) is 0 Å². The highest BCUT2D eigenvalue weighted by molar-refractivity contribution is 5.98. The third-order valence-corrected chi connectivity index (χ3v) is 4.10. The second kappa shape index (κ2) is 7.16. The Bertz CT molecular complexity index is 709. The van der Waals surface area contributed by atoms with Crippen molar-refractivity contribution in [3.63, 3.8) is 0 Å². The van der Waals surface area contributed by atoms with E-state index in [0.29, 0.717) is 18.8 Å². The van der Waals surface area contributed by atoms with Gasteiger partial charge in [0, 0.05) is 18.8 Å². The maximum atomic E-state index is 13.0. The molecule has 2 N–H and O–H groups in total. The van der Waals surface area contributed by atoms with Crippen LogP contribution in [-0.4, -0.2) is 29.9 Å². The Kier molecular flexibility index (Phi) is 5.39. The van der Waals surface area contributed by atoms with Crippen LogP contribution in [0.5, 0.6) is 0 Å². The van der Waals surface area contributed by atoms with Crippen LogP contribution in [0.4, 0.5) is 18.0 Å². The fraction of sp³-hybridized carbons (Fsp3) is 0.412. The Balaban J connectivity index is 2.51. The minimum absolute atomic E-state index is 0.208. The first-order valence-electron chi connectivity index (χ1n) is 7.93. The number of urea groups is 1. The summed E-state index contributed by atoms with van der Waals surface area (Å²) in [5.74, 6) is -0.322. The summed E-state index contributed by atoms with van der Waals surface area (Å²) in [5, 5.41) is 5.07. The first kappa shape index (κ1) is 18.8. The second-order valence-electron chi connectivity index (χ2n) is 5.67. The standard InChI is InChI=1S/C17H20F3N3O2/c1-4-23(5-2)15(24)13-10(3)21-16(25)22-14(13)11-7-6-8-12(9-11)17(18,19)20/h6-9,14H,4-5H2,1-3H3,(H2,21,22,25)/t14-/m0/s1. The van der Waals surface area contributed by atoms with E-state index in [1.807, 2.05) is 13.8 Å². The van der Waals surface area contributed by atoms with Gasteiger partial charge in [-0.1, -0.05) is 12.1 Å². The predicted octanol–water partition coefficient (Wildman–Crippen LogP) is 3.20. The summed E-state index contributed by atoms with van der Waals surface area (Å²) in [5.41, 5.74) is -0.0460. The molecule has 1 aliphatic heterocycles. The number of alkyl halides is 3. The number of likely N-dealkylation sites (N-methyl/N-ethyl adjacent to an activating group) is 1. The molecule has 0 fully saturated rings. The lowest BCUT2D eigenvalue weighted by Crippen LogP contribution is -2.47. The Morgan fingerprint density at radius 3 is 2.44 bits per heavy atom. The molecule has 1 aromatic rings. The maximum Gasteiger partial charge on any atom is 0.416 e. The number of nitrogens with one attached hydrogen (secondary N) is 2. The molecular formula is C17H20F3N3O2. The van der Waals surface area contributed by atoms with Crippen molar-refractivity contribution in [1.29, 1.82) is 0 Å². The molecule has 0 saturated heterocycles. The largest absolute Gasteiger partial charge is 0.416 e. The van der Waals surface area contributed by atoms with Crippen LogP contribution in [0.3, 0.4) is 0 Å². The minimum Gasteiger partial charge on any atom is -0.339 e. The van der Waals surface area contributed by atoms with Crippen molar-refractivity contribution < 1.29 is 22.8 Å². The minimum atomic E-state index is -4.51. The van der Waals surface area contributed by atoms with Gasteiger partial charge in [-0.05, 0) is 38.5 Å². The number of carbonyl (C=O) groups excluding carboxylic acids is 2. The third kappa shape index (κ3) is 3.94. The van der Waals surface area contributed by atoms with Crippen LogP contribution in [-0.2, 0) is 11.0 Å². The highest BCUT2D eigenvalue weighted by Crippen LogP contribution is 2.34. The van der Waals surface area contributed by atoms with Gasteiger partial charge in [0.15, 0.2) is 0 Å². The second-order valence-corrected chi connectivity index (χ2v) is 5.67. The van der Waals surface area contributed by atoms with Crippen molar-refractivity contribution in [2.75, 3.05) is 13.1 Å². The van der Waals surface area contributed by atoms with Crippen LogP contribution in [0, 0.1) is 0 Å². The van der Waals surface area contributed by atoms with Crippen molar-refractivity contribution in [3.05, 3.63) is 46.7 Å². The summed E-state index contributed by atoms with van der Waals surface area (Å²) in [6.07, 6.45) is -4.51. The van der Waals surface area contributed by atoms with Crippen LogP contribution >= 0.6 is 0 Å². The Hall–Kier alpha value is -2.51. The third-order valence-electron chi connectivity index (χ3n) is 4.10. The van der Waals surface area contributed by atoms with Gasteiger partial charge in [0.25, 0.3) is 5.91 Å². The number of rotatable bonds is 4. The number of halogens is 3. The average molecular weight is 355 g/mol. The van der Waals surface area contributed by atoms with E-state index in [1.165, 1.54) is 12.1 Å². The van der Waals surface area contributed by atoms with Gasteiger partial charge >= 0.3 is 12.2 Å². The lowest BCUT2D eigenvalue weighted by molar-refractivity contribution is -0.137. The van der Waals surface area contributed by atoms with Crippen molar-refractivity contribution in [1.82, 2.24) is 15.5 Å². The summed E-state index contributed by atoms with van der Waals surface area (Å²) >= 11 is 0. The molecule has 8 heteroatoms. The smallest absolute Gasteiger partial charge is 0.339 e. The first-order chi connectivity index (χ1) is 11.7. The van der Waals surface area contributed by atoms with Gasteiger partial charge in [0.05, 0.1) is 17.2 Å². The molecule has 0 aliphatic carbocycles. The van der Waals surface area contributed by atoms with Crippen molar-refractivity contribution >= 4 is 11.9 Å². The Labute approximate surface area is 143 Å². The van der Waals surface area contributed by atoms with Crippen molar-refractivity contribution in [3.8, 4) is 0 Å². The van der Waals surface area contributed by atoms with E-state index in [0.717, 1.165) is 12.1 Å². The molecular weight excluding hydrogens is 335 g/mol. The molecule has 3 amide bonds. The summed E-state index contributed by atoms with van der Waals surface area (Å²) < 4.78 is 39.0. The molecule has 0 radical (unpaired) electrons. The van der Waals surface area contributed by atoms with Gasteiger partial charge in [-0.2, -0.15) is 13.2 Å². The Morgan fingerprint density at radius 2 is 1.88 bits per heavy atom. The lowest BCUT2D eigenvalue weighted by atomic mass is 9.93. The number of amides is 3. The van der Waals surface area contributed by atoms with Crippen LogP contribution < -0.4 is 10.6 Å². The molecule has 0 unspecified atom stereocenters. The van der Waals surface area contributed by atoms with E-state index in [1.54, 1.807) is 11.8 Å². The number of benzene rings is 1. The zero-order chi connectivity index (χ0) is 18.8. The van der Waals surface area contributed by atoms with Crippen LogP contribution in [0.1, 0.15) is 37.9 Å². The van der Waals surface area contributed by atoms with Crippen LogP contribution in [0.2, 0.25) is 0 Å². The van der Waals surface area contributed by atoms with E-state index in [9.17, 15) is 22.8 Å². The molecule has 1 heterocycles. The summed E-state index contributed by atoms with van der Waals surface area (Å²) in [7, 11) is 0. The topological polar surface area (TPSA) is 61.4 Å². The molecule has 2 rings (SSSR count). The molecule has 5 nitrogen and oxygen atoms in total. The molecule has 0 spiro atoms. The van der Waals surface area contributed by atoms with Gasteiger partial charge < -0.3 is 15.5 Å². The number of nitrogens with zero attached hydrogens (tertiary/aromatic N) is 1. The molecule has 0 bridgehead atoms. The molecule has 0 aromatic heterocycles. The summed E-state index contributed by atoms with van der Waals surface area (Å²) in [4.78, 5) is 26.2. The van der Waals surface area contributed by atoms with Gasteiger partial charge in [-0.15, -0.1) is 0 Å². The molecule has 25 heavy (non-hydrogen) atoms. The number of hydrogen-bond donors (Lipinski definition) is 2. The normalized spacial score (nSPS) is 17.8. The predicted molar refractivity (Wildman–Crippen MR) is 86.5 cm³/mol. The highest BCUT2D eigenvalue weighted by atomic mass is 19.4. The van der Waals surface area contributed by atoms with Gasteiger partial charge in [0.1, 0.15) is 0 Å². The van der Waals surface area contributed by atoms with E-state index < -0.39 is 23.8 Å². The molecule has 1 aromatic carbocycles. The van der Waals surface area contributed by atoms with Crippen molar-refractivity contribution in [2.45, 2.75) is 33.0 Å². The van der Waals surface area contributed by atoms with Crippen LogP contribution in [0.15, 0.2) is 35.5 Å². The van der Waals surface area contributed by atoms with Gasteiger partial charge in [-0.3, -0.25) is 4.79 Å². The zero-order valence-electron chi connectivity index (χ0n) is 14.2. The van der Waals surface area contributed by atoms with Crippen LogP contribution in [0.25, 0.3) is 0 Å². The SMILES string of the molecule is CCN(CC)C(=O)C1=C(C)NC(=O)N[C@H]1c1cccc(C(F)(F)F)c1. The first-order valence-corrected chi connectivity index (χ1v) is 7.93. The Morgan fingerprint density at radius 1 is 1.24 bits per heavy atom. The fourth-order valence-electron chi connectivity index (χ4n) is 2.80.